The SMILES string of the molecule is Nc1nc(C(=NO)c2ccccc2)no1. The van der Waals surface area contributed by atoms with Crippen LogP contribution in [-0.4, -0.2) is 21.1 Å². The zero-order valence-corrected chi connectivity index (χ0v) is 7.66. The average Bonchev–Trinajstić information content (AvgIpc) is 2.68. The number of anilines is 1. The number of rotatable bonds is 2. The van der Waals surface area contributed by atoms with Crippen molar-refractivity contribution in [1.82, 2.24) is 10.1 Å². The maximum atomic E-state index is 8.87. The second-order valence-electron chi connectivity index (χ2n) is 2.77. The van der Waals surface area contributed by atoms with Crippen LogP contribution in [0.15, 0.2) is 40.0 Å². The van der Waals surface area contributed by atoms with Gasteiger partial charge in [-0.05, 0) is 0 Å². The van der Waals surface area contributed by atoms with Gasteiger partial charge in [-0.25, -0.2) is 0 Å². The van der Waals surface area contributed by atoms with E-state index in [9.17, 15) is 0 Å². The lowest BCUT2D eigenvalue weighted by Gasteiger charge is -1.97. The molecule has 0 saturated heterocycles. The van der Waals surface area contributed by atoms with Crippen molar-refractivity contribution < 1.29 is 9.73 Å². The average molecular weight is 204 g/mol. The Morgan fingerprint density at radius 3 is 2.60 bits per heavy atom. The second kappa shape index (κ2) is 3.79. The molecule has 0 atom stereocenters. The third-order valence-corrected chi connectivity index (χ3v) is 1.80. The van der Waals surface area contributed by atoms with E-state index in [4.69, 9.17) is 10.9 Å². The predicted octanol–water partition coefficient (Wildman–Crippen LogP) is 0.878. The molecule has 0 unspecified atom stereocenters. The summed E-state index contributed by atoms with van der Waals surface area (Å²) in [6.07, 6.45) is 0. The minimum absolute atomic E-state index is 0.0675. The van der Waals surface area contributed by atoms with Crippen molar-refractivity contribution in [2.45, 2.75) is 0 Å². The van der Waals surface area contributed by atoms with Crippen LogP contribution in [0.3, 0.4) is 0 Å². The van der Waals surface area contributed by atoms with Crippen LogP contribution in [-0.2, 0) is 0 Å². The fraction of sp³-hybridized carbons (Fsp3) is 0. The number of nitrogens with two attached hydrogens (primary N) is 1. The van der Waals surface area contributed by atoms with Crippen LogP contribution < -0.4 is 5.73 Å². The van der Waals surface area contributed by atoms with Crippen molar-refractivity contribution in [2.24, 2.45) is 5.16 Å². The zero-order valence-electron chi connectivity index (χ0n) is 7.66. The van der Waals surface area contributed by atoms with Crippen molar-refractivity contribution >= 4 is 11.7 Å². The fourth-order valence-corrected chi connectivity index (χ4v) is 1.16. The van der Waals surface area contributed by atoms with Crippen LogP contribution in [0.1, 0.15) is 11.4 Å². The molecule has 6 nitrogen and oxygen atoms in total. The van der Waals surface area contributed by atoms with Gasteiger partial charge in [-0.3, -0.25) is 0 Å². The summed E-state index contributed by atoms with van der Waals surface area (Å²) < 4.78 is 4.59. The minimum Gasteiger partial charge on any atom is -0.410 e. The maximum absolute atomic E-state index is 8.87. The van der Waals surface area contributed by atoms with E-state index in [0.29, 0.717) is 5.56 Å². The van der Waals surface area contributed by atoms with Gasteiger partial charge in [0.05, 0.1) is 0 Å². The van der Waals surface area contributed by atoms with Crippen molar-refractivity contribution in [3.63, 3.8) is 0 Å². The molecular weight excluding hydrogens is 196 g/mol. The molecule has 2 rings (SSSR count). The Morgan fingerprint density at radius 1 is 1.33 bits per heavy atom. The quantitative estimate of drug-likeness (QED) is 0.430. The predicted molar refractivity (Wildman–Crippen MR) is 52.6 cm³/mol. The number of hydrogen-bond acceptors (Lipinski definition) is 6. The standard InChI is InChI=1S/C9H8N4O2/c10-9-11-8(13-15-9)7(12-14)6-4-2-1-3-5-6/h1-5,14H,(H2,10,11,13). The largest absolute Gasteiger partial charge is 0.410 e. The monoisotopic (exact) mass is 204 g/mol. The number of nitrogens with zero attached hydrogens (tertiary/aromatic N) is 3. The van der Waals surface area contributed by atoms with E-state index >= 15 is 0 Å². The number of benzene rings is 1. The Balaban J connectivity index is 2.43. The fourth-order valence-electron chi connectivity index (χ4n) is 1.16. The third kappa shape index (κ3) is 1.78. The third-order valence-electron chi connectivity index (χ3n) is 1.80. The first kappa shape index (κ1) is 9.20. The summed E-state index contributed by atoms with van der Waals surface area (Å²) in [7, 11) is 0. The molecule has 0 spiro atoms. The lowest BCUT2D eigenvalue weighted by Crippen LogP contribution is -2.05. The Labute approximate surface area is 85.0 Å². The van der Waals surface area contributed by atoms with Crippen LogP contribution in [0.25, 0.3) is 0 Å². The Kier molecular flexibility index (Phi) is 2.32. The summed E-state index contributed by atoms with van der Waals surface area (Å²) in [5.74, 6) is 0.154. The molecule has 0 fully saturated rings. The molecule has 15 heavy (non-hydrogen) atoms. The van der Waals surface area contributed by atoms with Gasteiger partial charge in [0, 0.05) is 5.56 Å². The van der Waals surface area contributed by atoms with Gasteiger partial charge in [0.2, 0.25) is 5.82 Å². The molecule has 0 amide bonds. The highest BCUT2D eigenvalue weighted by molar-refractivity contribution is 6.10. The minimum atomic E-state index is -0.0675. The molecule has 1 aromatic carbocycles. The first-order valence-corrected chi connectivity index (χ1v) is 4.18. The van der Waals surface area contributed by atoms with Crippen molar-refractivity contribution in [2.75, 3.05) is 5.73 Å². The highest BCUT2D eigenvalue weighted by Gasteiger charge is 2.13. The van der Waals surface area contributed by atoms with Gasteiger partial charge in [-0.1, -0.05) is 40.6 Å². The van der Waals surface area contributed by atoms with Crippen LogP contribution in [0, 0.1) is 0 Å². The first-order chi connectivity index (χ1) is 7.31. The maximum Gasteiger partial charge on any atom is 0.319 e. The summed E-state index contributed by atoms with van der Waals surface area (Å²) in [5.41, 5.74) is 6.17. The number of hydrogen-bond donors (Lipinski definition) is 2. The van der Waals surface area contributed by atoms with Gasteiger partial charge >= 0.3 is 6.01 Å². The molecule has 3 N–H and O–H groups in total. The van der Waals surface area contributed by atoms with E-state index in [2.05, 4.69) is 19.8 Å². The van der Waals surface area contributed by atoms with E-state index in [0.717, 1.165) is 0 Å². The topological polar surface area (TPSA) is 97.5 Å². The van der Waals surface area contributed by atoms with E-state index < -0.39 is 0 Å². The molecule has 1 aromatic heterocycles. The van der Waals surface area contributed by atoms with Crippen molar-refractivity contribution in [3.8, 4) is 0 Å². The van der Waals surface area contributed by atoms with E-state index in [-0.39, 0.29) is 17.6 Å². The first-order valence-electron chi connectivity index (χ1n) is 4.18. The van der Waals surface area contributed by atoms with Gasteiger partial charge in [0.1, 0.15) is 0 Å². The Bertz CT molecular complexity index is 478. The molecule has 0 bridgehead atoms. The van der Waals surface area contributed by atoms with Crippen LogP contribution in [0.4, 0.5) is 6.01 Å². The van der Waals surface area contributed by atoms with Crippen molar-refractivity contribution in [1.29, 1.82) is 0 Å². The highest BCUT2D eigenvalue weighted by Crippen LogP contribution is 2.08. The summed E-state index contributed by atoms with van der Waals surface area (Å²) in [6.45, 7) is 0. The summed E-state index contributed by atoms with van der Waals surface area (Å²) >= 11 is 0. The van der Waals surface area contributed by atoms with Crippen LogP contribution in [0.5, 0.6) is 0 Å². The molecule has 2 aromatic rings. The summed E-state index contributed by atoms with van der Waals surface area (Å²) in [6, 6.07) is 8.93. The normalized spacial score (nSPS) is 11.6. The lowest BCUT2D eigenvalue weighted by molar-refractivity contribution is 0.319. The van der Waals surface area contributed by atoms with Gasteiger partial charge < -0.3 is 15.5 Å². The molecule has 0 aliphatic rings. The van der Waals surface area contributed by atoms with E-state index in [1.807, 2.05) is 18.2 Å². The van der Waals surface area contributed by atoms with Crippen molar-refractivity contribution in [3.05, 3.63) is 41.7 Å². The van der Waals surface area contributed by atoms with E-state index in [1.54, 1.807) is 12.1 Å². The summed E-state index contributed by atoms with van der Waals surface area (Å²) in [5, 5.41) is 15.5. The number of aromatic nitrogens is 2. The molecule has 0 radical (unpaired) electrons. The van der Waals surface area contributed by atoms with Gasteiger partial charge in [0.15, 0.2) is 5.71 Å². The Hall–Kier alpha value is -2.37. The molecule has 0 aliphatic heterocycles. The molecule has 76 valence electrons. The van der Waals surface area contributed by atoms with Crippen LogP contribution in [0.2, 0.25) is 0 Å². The van der Waals surface area contributed by atoms with Gasteiger partial charge in [0.25, 0.3) is 0 Å². The Morgan fingerprint density at radius 2 is 2.07 bits per heavy atom. The molecule has 0 saturated carbocycles. The second-order valence-corrected chi connectivity index (χ2v) is 2.77. The van der Waals surface area contributed by atoms with Gasteiger partial charge in [-0.15, -0.1) is 0 Å². The molecular formula is C9H8N4O2. The lowest BCUT2D eigenvalue weighted by atomic mass is 10.1. The van der Waals surface area contributed by atoms with E-state index in [1.165, 1.54) is 0 Å². The zero-order chi connectivity index (χ0) is 10.7. The smallest absolute Gasteiger partial charge is 0.319 e. The molecule has 0 aliphatic carbocycles. The highest BCUT2D eigenvalue weighted by atomic mass is 16.5. The number of nitrogen functional groups attached to an aromatic ring is 1. The summed E-state index contributed by atoms with van der Waals surface area (Å²) in [4.78, 5) is 3.77. The molecule has 6 heteroatoms. The number of oxime groups is 1. The molecule has 1 heterocycles. The van der Waals surface area contributed by atoms with Gasteiger partial charge in [-0.2, -0.15) is 4.98 Å². The van der Waals surface area contributed by atoms with Crippen LogP contribution >= 0.6 is 0 Å².